The molecule has 19 heavy (non-hydrogen) atoms. The number of thioether (sulfide) groups is 1. The van der Waals surface area contributed by atoms with Crippen LogP contribution >= 0.6 is 11.8 Å². The first kappa shape index (κ1) is 14.3. The minimum Gasteiger partial charge on any atom is -0.376 e. The zero-order valence-corrected chi connectivity index (χ0v) is 12.0. The highest BCUT2D eigenvalue weighted by molar-refractivity contribution is 8.00. The monoisotopic (exact) mass is 281 g/mol. The normalized spacial score (nSPS) is 21.9. The van der Waals surface area contributed by atoms with Gasteiger partial charge in [-0.1, -0.05) is 11.8 Å². The lowest BCUT2D eigenvalue weighted by atomic mass is 10.1. The highest BCUT2D eigenvalue weighted by Crippen LogP contribution is 2.20. The number of nitrogens with zero attached hydrogens (tertiary/aromatic N) is 2. The SMILES string of the molecule is C[C@H](Sc1ncccn1)C(=O)N[C@H](C)[C@@H]1CCCO1. The van der Waals surface area contributed by atoms with Crippen molar-refractivity contribution in [2.24, 2.45) is 0 Å². The number of carbonyl (C=O) groups excluding carboxylic acids is 1. The second-order valence-corrected chi connectivity index (χ2v) is 5.95. The van der Waals surface area contributed by atoms with E-state index in [-0.39, 0.29) is 23.3 Å². The quantitative estimate of drug-likeness (QED) is 0.656. The molecule has 1 N–H and O–H groups in total. The third kappa shape index (κ3) is 4.18. The zero-order chi connectivity index (χ0) is 13.7. The van der Waals surface area contributed by atoms with E-state index in [1.165, 1.54) is 11.8 Å². The van der Waals surface area contributed by atoms with Crippen molar-refractivity contribution in [3.05, 3.63) is 18.5 Å². The first-order valence-corrected chi connectivity index (χ1v) is 7.40. The summed E-state index contributed by atoms with van der Waals surface area (Å²) in [4.78, 5) is 20.3. The largest absolute Gasteiger partial charge is 0.376 e. The van der Waals surface area contributed by atoms with Gasteiger partial charge in [0.05, 0.1) is 17.4 Å². The van der Waals surface area contributed by atoms with Crippen LogP contribution in [0, 0.1) is 0 Å². The van der Waals surface area contributed by atoms with Gasteiger partial charge >= 0.3 is 0 Å². The molecule has 5 nitrogen and oxygen atoms in total. The molecule has 2 heterocycles. The van der Waals surface area contributed by atoms with Crippen LogP contribution in [0.15, 0.2) is 23.6 Å². The molecule has 1 saturated heterocycles. The zero-order valence-electron chi connectivity index (χ0n) is 11.2. The second kappa shape index (κ2) is 6.86. The Hall–Kier alpha value is -1.14. The predicted octanol–water partition coefficient (Wildman–Crippen LogP) is 1.64. The molecule has 1 aromatic rings. The van der Waals surface area contributed by atoms with Crippen LogP contribution in [-0.4, -0.2) is 39.9 Å². The molecule has 1 aliphatic heterocycles. The fraction of sp³-hybridized carbons (Fsp3) is 0.615. The third-order valence-electron chi connectivity index (χ3n) is 3.09. The minimum atomic E-state index is -0.216. The van der Waals surface area contributed by atoms with E-state index in [9.17, 15) is 4.79 Å². The Morgan fingerprint density at radius 3 is 2.84 bits per heavy atom. The first-order valence-electron chi connectivity index (χ1n) is 6.52. The molecule has 2 rings (SSSR count). The Labute approximate surface area is 117 Å². The van der Waals surface area contributed by atoms with Crippen molar-refractivity contribution in [2.45, 2.75) is 49.2 Å². The Kier molecular flexibility index (Phi) is 5.15. The summed E-state index contributed by atoms with van der Waals surface area (Å²) in [7, 11) is 0. The maximum atomic E-state index is 12.1. The van der Waals surface area contributed by atoms with Gasteiger partial charge in [0.15, 0.2) is 5.16 Å². The highest BCUT2D eigenvalue weighted by Gasteiger charge is 2.25. The van der Waals surface area contributed by atoms with Crippen molar-refractivity contribution in [1.82, 2.24) is 15.3 Å². The van der Waals surface area contributed by atoms with Gasteiger partial charge in [-0.25, -0.2) is 9.97 Å². The molecule has 0 bridgehead atoms. The van der Waals surface area contributed by atoms with Crippen LogP contribution in [0.1, 0.15) is 26.7 Å². The number of hydrogen-bond acceptors (Lipinski definition) is 5. The van der Waals surface area contributed by atoms with E-state index in [4.69, 9.17) is 4.74 Å². The van der Waals surface area contributed by atoms with E-state index < -0.39 is 0 Å². The number of carbonyl (C=O) groups is 1. The van der Waals surface area contributed by atoms with E-state index in [0.717, 1.165) is 19.4 Å². The van der Waals surface area contributed by atoms with Gasteiger partial charge in [-0.2, -0.15) is 0 Å². The first-order chi connectivity index (χ1) is 9.16. The van der Waals surface area contributed by atoms with Gasteiger partial charge in [0.1, 0.15) is 0 Å². The van der Waals surface area contributed by atoms with E-state index in [0.29, 0.717) is 5.16 Å². The molecule has 0 aromatic carbocycles. The fourth-order valence-electron chi connectivity index (χ4n) is 1.99. The number of amides is 1. The van der Waals surface area contributed by atoms with E-state index in [2.05, 4.69) is 15.3 Å². The van der Waals surface area contributed by atoms with Crippen molar-refractivity contribution < 1.29 is 9.53 Å². The Morgan fingerprint density at radius 1 is 1.47 bits per heavy atom. The Balaban J connectivity index is 1.82. The van der Waals surface area contributed by atoms with Gasteiger partial charge in [-0.15, -0.1) is 0 Å². The molecule has 6 heteroatoms. The highest BCUT2D eigenvalue weighted by atomic mass is 32.2. The number of hydrogen-bond donors (Lipinski definition) is 1. The van der Waals surface area contributed by atoms with Crippen LogP contribution in [0.3, 0.4) is 0 Å². The summed E-state index contributed by atoms with van der Waals surface area (Å²) in [5.41, 5.74) is 0. The van der Waals surface area contributed by atoms with Crippen molar-refractivity contribution in [3.63, 3.8) is 0 Å². The van der Waals surface area contributed by atoms with Crippen LogP contribution in [0.5, 0.6) is 0 Å². The van der Waals surface area contributed by atoms with Crippen molar-refractivity contribution in [2.75, 3.05) is 6.61 Å². The fourth-order valence-corrected chi connectivity index (χ4v) is 2.72. The van der Waals surface area contributed by atoms with Gasteiger partial charge in [0, 0.05) is 19.0 Å². The molecule has 0 unspecified atom stereocenters. The summed E-state index contributed by atoms with van der Waals surface area (Å²) < 4.78 is 5.57. The number of aromatic nitrogens is 2. The molecule has 1 aliphatic rings. The van der Waals surface area contributed by atoms with Crippen LogP contribution in [0.25, 0.3) is 0 Å². The molecule has 1 amide bonds. The molecule has 0 saturated carbocycles. The number of ether oxygens (including phenoxy) is 1. The van der Waals surface area contributed by atoms with Gasteiger partial charge in [0.25, 0.3) is 0 Å². The number of rotatable bonds is 5. The lowest BCUT2D eigenvalue weighted by Gasteiger charge is -2.21. The van der Waals surface area contributed by atoms with Gasteiger partial charge in [0.2, 0.25) is 5.91 Å². The standard InChI is InChI=1S/C13H19N3O2S/c1-9(11-5-3-8-18-11)16-12(17)10(2)19-13-14-6-4-7-15-13/h4,6-7,9-11H,3,5,8H2,1-2H3,(H,16,17)/t9-,10+,11+/m1/s1. The number of nitrogens with one attached hydrogen (secondary N) is 1. The average molecular weight is 281 g/mol. The summed E-state index contributed by atoms with van der Waals surface area (Å²) in [5, 5.41) is 3.41. The average Bonchev–Trinajstić information content (AvgIpc) is 2.93. The minimum absolute atomic E-state index is 0.000420. The van der Waals surface area contributed by atoms with Gasteiger partial charge in [-0.3, -0.25) is 4.79 Å². The van der Waals surface area contributed by atoms with Crippen LogP contribution in [-0.2, 0) is 9.53 Å². The molecule has 104 valence electrons. The van der Waals surface area contributed by atoms with E-state index in [1.54, 1.807) is 18.5 Å². The Bertz CT molecular complexity index is 410. The van der Waals surface area contributed by atoms with Gasteiger partial charge < -0.3 is 10.1 Å². The summed E-state index contributed by atoms with van der Waals surface area (Å²) in [6.45, 7) is 4.65. The maximum Gasteiger partial charge on any atom is 0.233 e. The molecule has 3 atom stereocenters. The predicted molar refractivity (Wildman–Crippen MR) is 73.9 cm³/mol. The van der Waals surface area contributed by atoms with Crippen molar-refractivity contribution in [1.29, 1.82) is 0 Å². The van der Waals surface area contributed by atoms with E-state index >= 15 is 0 Å². The summed E-state index contributed by atoms with van der Waals surface area (Å²) in [5.74, 6) is 0.000420. The molecule has 0 aliphatic carbocycles. The second-order valence-electron chi connectivity index (χ2n) is 4.64. The molecule has 0 radical (unpaired) electrons. The van der Waals surface area contributed by atoms with Crippen LogP contribution in [0.2, 0.25) is 0 Å². The smallest absolute Gasteiger partial charge is 0.233 e. The lowest BCUT2D eigenvalue weighted by molar-refractivity contribution is -0.121. The van der Waals surface area contributed by atoms with Crippen molar-refractivity contribution in [3.8, 4) is 0 Å². The molecular formula is C13H19N3O2S. The van der Waals surface area contributed by atoms with Crippen LogP contribution < -0.4 is 5.32 Å². The van der Waals surface area contributed by atoms with Crippen LogP contribution in [0.4, 0.5) is 0 Å². The molecular weight excluding hydrogens is 262 g/mol. The topological polar surface area (TPSA) is 64.1 Å². The van der Waals surface area contributed by atoms with Crippen molar-refractivity contribution >= 4 is 17.7 Å². The van der Waals surface area contributed by atoms with E-state index in [1.807, 2.05) is 13.8 Å². The molecule has 1 aromatic heterocycles. The van der Waals surface area contributed by atoms with Gasteiger partial charge in [-0.05, 0) is 32.8 Å². The Morgan fingerprint density at radius 2 is 2.21 bits per heavy atom. The third-order valence-corrected chi connectivity index (χ3v) is 4.08. The lowest BCUT2D eigenvalue weighted by Crippen LogP contribution is -2.44. The summed E-state index contributed by atoms with van der Waals surface area (Å²) in [6, 6.07) is 1.81. The maximum absolute atomic E-state index is 12.1. The summed E-state index contributed by atoms with van der Waals surface area (Å²) >= 11 is 1.36. The molecule has 0 spiro atoms. The molecule has 1 fully saturated rings. The summed E-state index contributed by atoms with van der Waals surface area (Å²) in [6.07, 6.45) is 5.59.